The van der Waals surface area contributed by atoms with Crippen molar-refractivity contribution in [2.45, 2.75) is 44.7 Å². The molecule has 9 nitrogen and oxygen atoms in total. The third kappa shape index (κ3) is 6.97. The molecule has 0 bridgehead atoms. The molecule has 0 aliphatic carbocycles. The number of benzene rings is 2. The zero-order chi connectivity index (χ0) is 29.6. The van der Waals surface area contributed by atoms with Crippen molar-refractivity contribution in [1.29, 1.82) is 0 Å². The molecule has 3 aromatic rings. The van der Waals surface area contributed by atoms with E-state index in [4.69, 9.17) is 42.5 Å². The van der Waals surface area contributed by atoms with E-state index >= 15 is 0 Å². The molecule has 0 atom stereocenters. The number of likely N-dealkylation sites (tertiary alicyclic amines) is 2. The highest BCUT2D eigenvalue weighted by molar-refractivity contribution is 6.42. The number of amides is 1. The number of nitrogens with zero attached hydrogens (tertiary/aromatic N) is 4. The third-order valence-electron chi connectivity index (χ3n) is 8.21. The first-order valence-corrected chi connectivity index (χ1v) is 15.3. The number of halogens is 2. The zero-order valence-electron chi connectivity index (χ0n) is 24.5. The van der Waals surface area contributed by atoms with E-state index in [0.717, 1.165) is 37.7 Å². The van der Waals surface area contributed by atoms with Crippen LogP contribution in [-0.2, 0) is 6.54 Å². The molecular weight excluding hydrogens is 577 g/mol. The molecule has 0 spiro atoms. The molecule has 11 heteroatoms. The minimum atomic E-state index is -0.368. The van der Waals surface area contributed by atoms with E-state index in [1.165, 1.54) is 60.1 Å². The quantitative estimate of drug-likeness (QED) is 0.280. The number of anilines is 1. The van der Waals surface area contributed by atoms with Crippen LogP contribution in [0, 0.1) is 0 Å². The number of methoxy groups -OCH3 is 3. The Bertz CT molecular complexity index is 1360. The highest BCUT2D eigenvalue weighted by atomic mass is 35.5. The Balaban J connectivity index is 1.30. The number of piperidine rings is 1. The number of carbonyl (C=O) groups is 1. The lowest BCUT2D eigenvalue weighted by molar-refractivity contribution is 0.102. The van der Waals surface area contributed by atoms with Gasteiger partial charge in [0.25, 0.3) is 5.91 Å². The molecule has 1 amide bonds. The van der Waals surface area contributed by atoms with Crippen molar-refractivity contribution < 1.29 is 19.0 Å². The maximum absolute atomic E-state index is 13.6. The van der Waals surface area contributed by atoms with E-state index in [1.807, 2.05) is 16.9 Å². The first-order chi connectivity index (χ1) is 20.4. The van der Waals surface area contributed by atoms with E-state index in [1.54, 1.807) is 24.3 Å². The largest absolute Gasteiger partial charge is 0.493 e. The summed E-state index contributed by atoms with van der Waals surface area (Å²) in [6.45, 7) is 6.50. The molecule has 2 fully saturated rings. The molecule has 2 aliphatic heterocycles. The number of nitrogens with one attached hydrogen (secondary N) is 1. The Labute approximate surface area is 257 Å². The minimum Gasteiger partial charge on any atom is -0.493 e. The van der Waals surface area contributed by atoms with Crippen LogP contribution in [0.2, 0.25) is 10.0 Å². The minimum absolute atomic E-state index is 0.286. The van der Waals surface area contributed by atoms with Gasteiger partial charge in [0.15, 0.2) is 17.2 Å². The highest BCUT2D eigenvalue weighted by Gasteiger charge is 2.26. The van der Waals surface area contributed by atoms with Crippen molar-refractivity contribution >= 4 is 34.8 Å². The molecule has 5 rings (SSSR count). The lowest BCUT2D eigenvalue weighted by Crippen LogP contribution is -2.44. The van der Waals surface area contributed by atoms with Crippen LogP contribution in [0.3, 0.4) is 0 Å². The van der Waals surface area contributed by atoms with Crippen LogP contribution in [0.15, 0.2) is 36.5 Å². The van der Waals surface area contributed by atoms with Gasteiger partial charge in [-0.25, -0.2) is 0 Å². The summed E-state index contributed by atoms with van der Waals surface area (Å²) in [5.41, 5.74) is 2.20. The van der Waals surface area contributed by atoms with Gasteiger partial charge in [0.1, 0.15) is 0 Å². The van der Waals surface area contributed by atoms with Gasteiger partial charge in [0, 0.05) is 42.2 Å². The van der Waals surface area contributed by atoms with Gasteiger partial charge >= 0.3 is 0 Å². The smallest absolute Gasteiger partial charge is 0.276 e. The van der Waals surface area contributed by atoms with E-state index in [-0.39, 0.29) is 11.6 Å². The first-order valence-electron chi connectivity index (χ1n) is 14.5. The van der Waals surface area contributed by atoms with Crippen molar-refractivity contribution in [2.24, 2.45) is 0 Å². The van der Waals surface area contributed by atoms with Gasteiger partial charge in [-0.15, -0.1) is 0 Å². The predicted octanol–water partition coefficient (Wildman–Crippen LogP) is 6.09. The Kier molecular flexibility index (Phi) is 10.2. The van der Waals surface area contributed by atoms with Gasteiger partial charge in [0.05, 0.1) is 31.4 Å². The maximum Gasteiger partial charge on any atom is 0.276 e. The second-order valence-corrected chi connectivity index (χ2v) is 11.6. The monoisotopic (exact) mass is 615 g/mol. The van der Waals surface area contributed by atoms with E-state index in [2.05, 4.69) is 15.1 Å². The first kappa shape index (κ1) is 30.5. The number of ether oxygens (including phenoxy) is 3. The predicted molar refractivity (Wildman–Crippen MR) is 167 cm³/mol. The summed E-state index contributed by atoms with van der Waals surface area (Å²) in [7, 11) is 4.59. The molecule has 1 aromatic heterocycles. The average molecular weight is 617 g/mol. The van der Waals surface area contributed by atoms with Gasteiger partial charge in [0.2, 0.25) is 5.75 Å². The number of hydrogen-bond donors (Lipinski definition) is 1. The number of aromatic nitrogens is 2. The SMILES string of the molecule is COc1cc(NC(=O)c2nn(CCCN3CCC(N4CCCC4)CC3)cc2-c2ccc(Cl)c(Cl)c2)cc(OC)c1OC. The molecule has 42 heavy (non-hydrogen) atoms. The topological polar surface area (TPSA) is 81.1 Å². The van der Waals surface area contributed by atoms with Gasteiger partial charge < -0.3 is 29.3 Å². The van der Waals surface area contributed by atoms with Crippen LogP contribution < -0.4 is 19.5 Å². The summed E-state index contributed by atoms with van der Waals surface area (Å²) in [5, 5.41) is 8.52. The zero-order valence-corrected chi connectivity index (χ0v) is 26.0. The van der Waals surface area contributed by atoms with Crippen molar-refractivity contribution in [2.75, 3.05) is 59.4 Å². The normalized spacial score (nSPS) is 16.5. The molecule has 0 unspecified atom stereocenters. The Morgan fingerprint density at radius 3 is 2.24 bits per heavy atom. The lowest BCUT2D eigenvalue weighted by Gasteiger charge is -2.36. The molecule has 1 N–H and O–H groups in total. The highest BCUT2D eigenvalue weighted by Crippen LogP contribution is 2.40. The average Bonchev–Trinajstić information content (AvgIpc) is 3.69. The summed E-state index contributed by atoms with van der Waals surface area (Å²) >= 11 is 12.5. The molecular formula is C31H39Cl2N5O4. The molecule has 2 aromatic carbocycles. The molecule has 2 aliphatic rings. The summed E-state index contributed by atoms with van der Waals surface area (Å²) < 4.78 is 18.1. The van der Waals surface area contributed by atoms with Crippen LogP contribution in [-0.4, -0.2) is 85.6 Å². The van der Waals surface area contributed by atoms with Crippen LogP contribution in [0.5, 0.6) is 17.2 Å². The lowest BCUT2D eigenvalue weighted by atomic mass is 10.0. The summed E-state index contributed by atoms with van der Waals surface area (Å²) in [4.78, 5) is 18.8. The molecule has 226 valence electrons. The summed E-state index contributed by atoms with van der Waals surface area (Å²) in [6, 6.07) is 9.44. The van der Waals surface area contributed by atoms with E-state index in [0.29, 0.717) is 45.1 Å². The van der Waals surface area contributed by atoms with Crippen molar-refractivity contribution in [3.8, 4) is 28.4 Å². The fourth-order valence-corrected chi connectivity index (χ4v) is 6.29. The molecule has 3 heterocycles. The maximum atomic E-state index is 13.6. The Morgan fingerprint density at radius 1 is 0.929 bits per heavy atom. The van der Waals surface area contributed by atoms with Crippen molar-refractivity contribution in [3.05, 3.63) is 52.3 Å². The third-order valence-corrected chi connectivity index (χ3v) is 8.94. The van der Waals surface area contributed by atoms with E-state index < -0.39 is 0 Å². The second kappa shape index (κ2) is 14.0. The van der Waals surface area contributed by atoms with Crippen molar-refractivity contribution in [1.82, 2.24) is 19.6 Å². The van der Waals surface area contributed by atoms with Gasteiger partial charge in [-0.1, -0.05) is 29.3 Å². The number of hydrogen-bond acceptors (Lipinski definition) is 7. The Morgan fingerprint density at radius 2 is 1.62 bits per heavy atom. The second-order valence-electron chi connectivity index (χ2n) is 10.8. The van der Waals surface area contributed by atoms with Crippen LogP contribution in [0.4, 0.5) is 5.69 Å². The van der Waals surface area contributed by atoms with Crippen LogP contribution in [0.1, 0.15) is 42.6 Å². The summed E-state index contributed by atoms with van der Waals surface area (Å²) in [6.07, 6.45) is 8.02. The van der Waals surface area contributed by atoms with Crippen molar-refractivity contribution in [3.63, 3.8) is 0 Å². The molecule has 0 saturated carbocycles. The van der Waals surface area contributed by atoms with Gasteiger partial charge in [-0.05, 0) is 82.5 Å². The van der Waals surface area contributed by atoms with Crippen LogP contribution >= 0.6 is 23.2 Å². The van der Waals surface area contributed by atoms with E-state index in [9.17, 15) is 4.79 Å². The summed E-state index contributed by atoms with van der Waals surface area (Å²) in [5.74, 6) is 0.950. The van der Waals surface area contributed by atoms with Gasteiger partial charge in [-0.2, -0.15) is 5.10 Å². The molecule has 2 saturated heterocycles. The van der Waals surface area contributed by atoms with Crippen LogP contribution in [0.25, 0.3) is 11.1 Å². The molecule has 0 radical (unpaired) electrons. The fraction of sp³-hybridized carbons (Fsp3) is 0.484. The Hall–Kier alpha value is -2.98. The van der Waals surface area contributed by atoms with Gasteiger partial charge in [-0.3, -0.25) is 9.48 Å². The fourth-order valence-electron chi connectivity index (χ4n) is 5.99. The number of rotatable bonds is 11. The number of carbonyl (C=O) groups excluding carboxylic acids is 1. The standard InChI is InChI=1S/C31H39Cl2N5O4/c1-40-27-18-22(19-28(41-2)30(27)42-3)34-31(39)29-24(21-7-8-25(32)26(33)17-21)20-38(35-29)14-6-11-36-15-9-23(10-16-36)37-12-4-5-13-37/h7-8,17-20,23H,4-6,9-16H2,1-3H3,(H,34,39). The number of aryl methyl sites for hydroxylation is 1.